The predicted octanol–water partition coefficient (Wildman–Crippen LogP) is 3.93. The number of nitrogens with one attached hydrogen (secondary N) is 1. The van der Waals surface area contributed by atoms with Gasteiger partial charge in [-0.1, -0.05) is 42.5 Å². The Kier molecular flexibility index (Phi) is 5.42. The summed E-state index contributed by atoms with van der Waals surface area (Å²) < 4.78 is 5.39. The first kappa shape index (κ1) is 16.7. The van der Waals surface area contributed by atoms with Gasteiger partial charge in [0.05, 0.1) is 19.2 Å². The molecule has 3 rings (SSSR count). The van der Waals surface area contributed by atoms with E-state index in [4.69, 9.17) is 4.74 Å². The third-order valence-corrected chi connectivity index (χ3v) is 3.82. The van der Waals surface area contributed by atoms with Crippen molar-refractivity contribution in [1.82, 2.24) is 5.43 Å². The average Bonchev–Trinajstić information content (AvgIpc) is 2.64. The number of fused-ring (bicyclic) bond motifs is 1. The van der Waals surface area contributed by atoms with Crippen LogP contribution in [0.15, 0.2) is 71.8 Å². The minimum absolute atomic E-state index is 0.140. The lowest BCUT2D eigenvalue weighted by atomic mass is 10.0. The molecule has 0 saturated heterocycles. The van der Waals surface area contributed by atoms with E-state index in [0.29, 0.717) is 13.0 Å². The fourth-order valence-corrected chi connectivity index (χ4v) is 2.65. The second kappa shape index (κ2) is 8.11. The Morgan fingerprint density at radius 2 is 1.80 bits per heavy atom. The van der Waals surface area contributed by atoms with Crippen LogP contribution in [0.2, 0.25) is 0 Å². The van der Waals surface area contributed by atoms with Gasteiger partial charge in [0.1, 0.15) is 5.75 Å². The van der Waals surface area contributed by atoms with Crippen molar-refractivity contribution in [2.45, 2.75) is 13.3 Å². The van der Waals surface area contributed by atoms with Gasteiger partial charge in [0.15, 0.2) is 0 Å². The van der Waals surface area contributed by atoms with E-state index in [1.165, 1.54) is 0 Å². The van der Waals surface area contributed by atoms with Crippen molar-refractivity contribution in [3.63, 3.8) is 0 Å². The van der Waals surface area contributed by atoms with Gasteiger partial charge in [0, 0.05) is 0 Å². The largest absolute Gasteiger partial charge is 0.494 e. The highest BCUT2D eigenvalue weighted by Gasteiger charge is 2.05. The van der Waals surface area contributed by atoms with E-state index < -0.39 is 0 Å². The molecule has 0 aromatic heterocycles. The zero-order valence-corrected chi connectivity index (χ0v) is 14.1. The standard InChI is InChI=1S/C21H20N2O2/c1-2-25-19-12-10-16(11-13-19)15-22-23-21(24)14-18-8-5-7-17-6-3-4-9-20(17)18/h3-13,15H,2,14H2,1H3,(H,23,24)/b22-15-. The fourth-order valence-electron chi connectivity index (χ4n) is 2.65. The lowest BCUT2D eigenvalue weighted by Crippen LogP contribution is -2.19. The Hall–Kier alpha value is -3.14. The summed E-state index contributed by atoms with van der Waals surface area (Å²) in [7, 11) is 0. The number of ether oxygens (including phenoxy) is 1. The molecule has 0 fully saturated rings. The van der Waals surface area contributed by atoms with Crippen molar-refractivity contribution in [2.24, 2.45) is 5.10 Å². The van der Waals surface area contributed by atoms with E-state index in [-0.39, 0.29) is 5.91 Å². The molecule has 0 aliphatic heterocycles. The lowest BCUT2D eigenvalue weighted by Gasteiger charge is -2.05. The first-order valence-corrected chi connectivity index (χ1v) is 8.27. The normalized spacial score (nSPS) is 10.9. The Morgan fingerprint density at radius 1 is 1.04 bits per heavy atom. The molecule has 0 aliphatic rings. The average molecular weight is 332 g/mol. The summed E-state index contributed by atoms with van der Waals surface area (Å²) in [4.78, 5) is 12.1. The zero-order chi connectivity index (χ0) is 17.5. The number of hydrogen-bond acceptors (Lipinski definition) is 3. The molecule has 0 atom stereocenters. The van der Waals surface area contributed by atoms with Crippen LogP contribution in [0.3, 0.4) is 0 Å². The van der Waals surface area contributed by atoms with Crippen molar-refractivity contribution >= 4 is 22.9 Å². The summed E-state index contributed by atoms with van der Waals surface area (Å²) in [6.07, 6.45) is 1.92. The second-order valence-corrected chi connectivity index (χ2v) is 5.61. The van der Waals surface area contributed by atoms with E-state index in [1.54, 1.807) is 6.21 Å². The molecule has 3 aromatic rings. The molecule has 3 aromatic carbocycles. The molecule has 0 aliphatic carbocycles. The van der Waals surface area contributed by atoms with Gasteiger partial charge < -0.3 is 4.74 Å². The molecule has 25 heavy (non-hydrogen) atoms. The molecule has 4 nitrogen and oxygen atoms in total. The van der Waals surface area contributed by atoms with Gasteiger partial charge >= 0.3 is 0 Å². The number of carbonyl (C=O) groups is 1. The molecule has 0 saturated carbocycles. The zero-order valence-electron chi connectivity index (χ0n) is 14.1. The van der Waals surface area contributed by atoms with Crippen LogP contribution in [-0.4, -0.2) is 18.7 Å². The molecule has 0 unspecified atom stereocenters. The number of hydrazone groups is 1. The summed E-state index contributed by atoms with van der Waals surface area (Å²) in [5.74, 6) is 0.679. The van der Waals surface area contributed by atoms with E-state index in [9.17, 15) is 4.79 Å². The van der Waals surface area contributed by atoms with Crippen molar-refractivity contribution in [3.05, 3.63) is 77.9 Å². The van der Waals surface area contributed by atoms with Gasteiger partial charge in [0.2, 0.25) is 5.91 Å². The number of rotatable bonds is 6. The highest BCUT2D eigenvalue weighted by molar-refractivity contribution is 5.90. The van der Waals surface area contributed by atoms with Crippen molar-refractivity contribution < 1.29 is 9.53 Å². The summed E-state index contributed by atoms with van der Waals surface area (Å²) in [5.41, 5.74) is 4.47. The highest BCUT2D eigenvalue weighted by atomic mass is 16.5. The minimum atomic E-state index is -0.140. The maximum Gasteiger partial charge on any atom is 0.244 e. The SMILES string of the molecule is CCOc1ccc(/C=N\NC(=O)Cc2cccc3ccccc23)cc1. The first-order chi connectivity index (χ1) is 12.3. The molecule has 1 N–H and O–H groups in total. The van der Waals surface area contributed by atoms with Crippen LogP contribution < -0.4 is 10.2 Å². The fraction of sp³-hybridized carbons (Fsp3) is 0.143. The van der Waals surface area contributed by atoms with Crippen LogP contribution >= 0.6 is 0 Å². The number of nitrogens with zero attached hydrogens (tertiary/aromatic N) is 1. The van der Waals surface area contributed by atoms with Gasteiger partial charge in [0.25, 0.3) is 0 Å². The van der Waals surface area contributed by atoms with Gasteiger partial charge in [-0.3, -0.25) is 4.79 Å². The van der Waals surface area contributed by atoms with Crippen LogP contribution in [0, 0.1) is 0 Å². The van der Waals surface area contributed by atoms with E-state index >= 15 is 0 Å². The second-order valence-electron chi connectivity index (χ2n) is 5.61. The quantitative estimate of drug-likeness (QED) is 0.549. The van der Waals surface area contributed by atoms with Crippen LogP contribution in [0.4, 0.5) is 0 Å². The van der Waals surface area contributed by atoms with E-state index in [0.717, 1.165) is 27.6 Å². The van der Waals surface area contributed by atoms with E-state index in [2.05, 4.69) is 10.5 Å². The molecular formula is C21H20N2O2. The summed E-state index contributed by atoms with van der Waals surface area (Å²) >= 11 is 0. The summed E-state index contributed by atoms with van der Waals surface area (Å²) in [6.45, 7) is 2.58. The number of carbonyl (C=O) groups excluding carboxylic acids is 1. The number of amides is 1. The van der Waals surface area contributed by atoms with Gasteiger partial charge in [-0.25, -0.2) is 5.43 Å². The van der Waals surface area contributed by atoms with Gasteiger partial charge in [-0.05, 0) is 53.1 Å². The highest BCUT2D eigenvalue weighted by Crippen LogP contribution is 2.18. The van der Waals surface area contributed by atoms with Crippen molar-refractivity contribution in [1.29, 1.82) is 0 Å². The van der Waals surface area contributed by atoms with Crippen molar-refractivity contribution in [3.8, 4) is 5.75 Å². The Morgan fingerprint density at radius 3 is 2.60 bits per heavy atom. The first-order valence-electron chi connectivity index (χ1n) is 8.27. The molecule has 126 valence electrons. The maximum absolute atomic E-state index is 12.1. The maximum atomic E-state index is 12.1. The van der Waals surface area contributed by atoms with Gasteiger partial charge in [-0.2, -0.15) is 5.10 Å². The Labute approximate surface area is 147 Å². The molecule has 1 amide bonds. The number of hydrogen-bond donors (Lipinski definition) is 1. The van der Waals surface area contributed by atoms with Gasteiger partial charge in [-0.15, -0.1) is 0 Å². The third-order valence-electron chi connectivity index (χ3n) is 3.82. The Bertz CT molecular complexity index is 881. The third kappa shape index (κ3) is 4.44. The summed E-state index contributed by atoms with van der Waals surface area (Å²) in [6, 6.07) is 21.6. The van der Waals surface area contributed by atoms with Crippen LogP contribution in [0.5, 0.6) is 5.75 Å². The number of benzene rings is 3. The monoisotopic (exact) mass is 332 g/mol. The molecule has 0 radical (unpaired) electrons. The molecule has 4 heteroatoms. The predicted molar refractivity (Wildman–Crippen MR) is 101 cm³/mol. The molecule has 0 spiro atoms. The smallest absolute Gasteiger partial charge is 0.244 e. The lowest BCUT2D eigenvalue weighted by molar-refractivity contribution is -0.120. The Balaban J connectivity index is 1.60. The van der Waals surface area contributed by atoms with Crippen LogP contribution in [-0.2, 0) is 11.2 Å². The van der Waals surface area contributed by atoms with Crippen LogP contribution in [0.1, 0.15) is 18.1 Å². The minimum Gasteiger partial charge on any atom is -0.494 e. The molecule has 0 heterocycles. The molecular weight excluding hydrogens is 312 g/mol. The van der Waals surface area contributed by atoms with Crippen molar-refractivity contribution in [2.75, 3.05) is 6.61 Å². The topological polar surface area (TPSA) is 50.7 Å². The summed E-state index contributed by atoms with van der Waals surface area (Å²) in [5, 5.41) is 6.25. The van der Waals surface area contributed by atoms with E-state index in [1.807, 2.05) is 73.7 Å². The van der Waals surface area contributed by atoms with Crippen LogP contribution in [0.25, 0.3) is 10.8 Å². The molecule has 0 bridgehead atoms.